The van der Waals surface area contributed by atoms with Gasteiger partial charge in [0.1, 0.15) is 13.2 Å². The second kappa shape index (κ2) is 13.1. The molecule has 1 N–H and O–H groups in total. The van der Waals surface area contributed by atoms with Crippen molar-refractivity contribution in [3.63, 3.8) is 0 Å². The molecule has 3 aromatic rings. The number of halogens is 1. The van der Waals surface area contributed by atoms with Gasteiger partial charge in [0.05, 0.1) is 24.9 Å². The van der Waals surface area contributed by atoms with Crippen LogP contribution in [0.5, 0.6) is 23.0 Å². The summed E-state index contributed by atoms with van der Waals surface area (Å²) >= 11 is 3.51. The Balaban J connectivity index is 1.58. The molecule has 0 unspecified atom stereocenters. The van der Waals surface area contributed by atoms with Crippen LogP contribution >= 0.6 is 15.9 Å². The fourth-order valence-electron chi connectivity index (χ4n) is 3.11. The Labute approximate surface area is 212 Å². The van der Waals surface area contributed by atoms with Crippen LogP contribution in [0.15, 0.2) is 77.1 Å². The van der Waals surface area contributed by atoms with Crippen molar-refractivity contribution >= 4 is 28.1 Å². The average molecular weight is 540 g/mol. The molecule has 35 heavy (non-hydrogen) atoms. The summed E-state index contributed by atoms with van der Waals surface area (Å²) < 4.78 is 23.3. The van der Waals surface area contributed by atoms with Crippen molar-refractivity contribution in [1.29, 1.82) is 0 Å². The molecule has 9 heteroatoms. The SMILES string of the molecule is C=CCc1ccc(OCCOc2c(Br)cc(/C=N\NC(=O)c3ccncc3)cc2OC)c(OC)c1. The van der Waals surface area contributed by atoms with Crippen molar-refractivity contribution in [3.05, 3.63) is 88.7 Å². The highest BCUT2D eigenvalue weighted by atomic mass is 79.9. The minimum atomic E-state index is -0.332. The van der Waals surface area contributed by atoms with Gasteiger partial charge in [-0.3, -0.25) is 9.78 Å². The van der Waals surface area contributed by atoms with Crippen LogP contribution in [0.1, 0.15) is 21.5 Å². The van der Waals surface area contributed by atoms with E-state index in [1.54, 1.807) is 44.8 Å². The molecule has 1 aromatic heterocycles. The zero-order valence-corrected chi connectivity index (χ0v) is 21.1. The average Bonchev–Trinajstić information content (AvgIpc) is 2.88. The van der Waals surface area contributed by atoms with E-state index < -0.39 is 0 Å². The maximum atomic E-state index is 12.1. The molecule has 0 aliphatic carbocycles. The maximum Gasteiger partial charge on any atom is 0.271 e. The van der Waals surface area contributed by atoms with Crippen molar-refractivity contribution < 1.29 is 23.7 Å². The molecule has 0 atom stereocenters. The lowest BCUT2D eigenvalue weighted by Crippen LogP contribution is -2.17. The van der Waals surface area contributed by atoms with E-state index in [4.69, 9.17) is 18.9 Å². The number of hydrogen-bond acceptors (Lipinski definition) is 7. The van der Waals surface area contributed by atoms with E-state index in [0.717, 1.165) is 12.0 Å². The number of carbonyl (C=O) groups is 1. The minimum Gasteiger partial charge on any atom is -0.493 e. The van der Waals surface area contributed by atoms with E-state index in [-0.39, 0.29) is 12.5 Å². The first-order chi connectivity index (χ1) is 17.0. The molecule has 0 radical (unpaired) electrons. The lowest BCUT2D eigenvalue weighted by Gasteiger charge is -2.15. The van der Waals surface area contributed by atoms with Crippen molar-refractivity contribution in [1.82, 2.24) is 10.4 Å². The second-order valence-electron chi connectivity index (χ2n) is 7.14. The van der Waals surface area contributed by atoms with Crippen molar-refractivity contribution in [2.24, 2.45) is 5.10 Å². The lowest BCUT2D eigenvalue weighted by molar-refractivity contribution is 0.0955. The predicted molar refractivity (Wildman–Crippen MR) is 138 cm³/mol. The highest BCUT2D eigenvalue weighted by molar-refractivity contribution is 9.10. The van der Waals surface area contributed by atoms with Crippen LogP contribution in [-0.4, -0.2) is 44.5 Å². The maximum absolute atomic E-state index is 12.1. The van der Waals surface area contributed by atoms with Gasteiger partial charge >= 0.3 is 0 Å². The van der Waals surface area contributed by atoms with Gasteiger partial charge in [0.25, 0.3) is 5.91 Å². The topological polar surface area (TPSA) is 91.3 Å². The zero-order chi connectivity index (χ0) is 25.0. The molecule has 0 bridgehead atoms. The van der Waals surface area contributed by atoms with Crippen molar-refractivity contribution in [2.45, 2.75) is 6.42 Å². The summed E-state index contributed by atoms with van der Waals surface area (Å²) in [6.07, 6.45) is 7.19. The molecule has 0 fully saturated rings. The van der Waals surface area contributed by atoms with Gasteiger partial charge in [-0.1, -0.05) is 12.1 Å². The largest absolute Gasteiger partial charge is 0.493 e. The minimum absolute atomic E-state index is 0.280. The van der Waals surface area contributed by atoms with E-state index in [9.17, 15) is 4.79 Å². The quantitative estimate of drug-likeness (QED) is 0.154. The Kier molecular flexibility index (Phi) is 9.68. The van der Waals surface area contributed by atoms with Crippen LogP contribution in [-0.2, 0) is 6.42 Å². The molecule has 3 rings (SSSR count). The number of nitrogens with one attached hydrogen (secondary N) is 1. The normalized spacial score (nSPS) is 10.6. The Morgan fingerprint density at radius 1 is 1.03 bits per heavy atom. The smallest absolute Gasteiger partial charge is 0.271 e. The number of carbonyl (C=O) groups excluding carboxylic acids is 1. The Morgan fingerprint density at radius 3 is 2.49 bits per heavy atom. The van der Waals surface area contributed by atoms with E-state index in [1.807, 2.05) is 30.3 Å². The van der Waals surface area contributed by atoms with Crippen LogP contribution in [0.25, 0.3) is 0 Å². The number of benzene rings is 2. The summed E-state index contributed by atoms with van der Waals surface area (Å²) in [5.41, 5.74) is 4.74. The third-order valence-corrected chi connectivity index (χ3v) is 5.36. The molecule has 2 aromatic carbocycles. The van der Waals surface area contributed by atoms with Crippen LogP contribution in [0.3, 0.4) is 0 Å². The molecule has 0 saturated heterocycles. The molecule has 182 valence electrons. The summed E-state index contributed by atoms with van der Waals surface area (Å²) in [6.45, 7) is 4.34. The Bertz CT molecular complexity index is 1190. The zero-order valence-electron chi connectivity index (χ0n) is 19.5. The third-order valence-electron chi connectivity index (χ3n) is 4.77. The van der Waals surface area contributed by atoms with Gasteiger partial charge in [-0.25, -0.2) is 5.43 Å². The standard InChI is InChI=1S/C26H26BrN3O5/c1-4-5-18-6-7-22(23(15-18)32-2)34-12-13-35-25-21(27)14-19(16-24(25)33-3)17-29-30-26(31)20-8-10-28-11-9-20/h4,6-11,14-17H,1,5,12-13H2,2-3H3,(H,30,31)/b29-17-. The molecule has 0 spiro atoms. The number of aromatic nitrogens is 1. The molecular formula is C26H26BrN3O5. The lowest BCUT2D eigenvalue weighted by atomic mass is 10.1. The Morgan fingerprint density at radius 2 is 1.77 bits per heavy atom. The number of pyridine rings is 1. The molecule has 1 heterocycles. The summed E-state index contributed by atoms with van der Waals surface area (Å²) in [5, 5.41) is 4.01. The first-order valence-corrected chi connectivity index (χ1v) is 11.5. The van der Waals surface area contributed by atoms with Gasteiger partial charge in [0.2, 0.25) is 0 Å². The summed E-state index contributed by atoms with van der Waals surface area (Å²) in [6, 6.07) is 12.5. The van der Waals surface area contributed by atoms with Crippen LogP contribution in [0.2, 0.25) is 0 Å². The number of hydrogen-bond donors (Lipinski definition) is 1. The highest BCUT2D eigenvalue weighted by Crippen LogP contribution is 2.36. The van der Waals surface area contributed by atoms with Gasteiger partial charge in [-0.05, 0) is 69.9 Å². The number of rotatable bonds is 12. The number of methoxy groups -OCH3 is 2. The first-order valence-electron chi connectivity index (χ1n) is 10.7. The van der Waals surface area contributed by atoms with Gasteiger partial charge in [-0.15, -0.1) is 6.58 Å². The molecule has 0 aliphatic heterocycles. The molecule has 8 nitrogen and oxygen atoms in total. The van der Waals surface area contributed by atoms with Gasteiger partial charge in [0.15, 0.2) is 23.0 Å². The molecule has 0 aliphatic rings. The monoisotopic (exact) mass is 539 g/mol. The second-order valence-corrected chi connectivity index (χ2v) is 8.00. The van der Waals surface area contributed by atoms with Crippen LogP contribution in [0.4, 0.5) is 0 Å². The molecule has 0 saturated carbocycles. The number of hydrazone groups is 1. The van der Waals surface area contributed by atoms with E-state index >= 15 is 0 Å². The summed E-state index contributed by atoms with van der Waals surface area (Å²) in [7, 11) is 3.15. The highest BCUT2D eigenvalue weighted by Gasteiger charge is 2.12. The van der Waals surface area contributed by atoms with Gasteiger partial charge in [0, 0.05) is 18.0 Å². The van der Waals surface area contributed by atoms with Gasteiger partial charge in [-0.2, -0.15) is 5.10 Å². The number of ether oxygens (including phenoxy) is 4. The van der Waals surface area contributed by atoms with E-state index in [1.165, 1.54) is 6.21 Å². The van der Waals surface area contributed by atoms with E-state index in [0.29, 0.717) is 45.2 Å². The van der Waals surface area contributed by atoms with Crippen LogP contribution in [0, 0.1) is 0 Å². The third kappa shape index (κ3) is 7.31. The fourth-order valence-corrected chi connectivity index (χ4v) is 3.68. The fraction of sp³-hybridized carbons (Fsp3) is 0.192. The number of amides is 1. The van der Waals surface area contributed by atoms with Crippen molar-refractivity contribution in [3.8, 4) is 23.0 Å². The summed E-state index contributed by atoms with van der Waals surface area (Å²) in [4.78, 5) is 16.0. The summed E-state index contributed by atoms with van der Waals surface area (Å²) in [5.74, 6) is 2.00. The molecular weight excluding hydrogens is 514 g/mol. The van der Waals surface area contributed by atoms with Gasteiger partial charge < -0.3 is 18.9 Å². The van der Waals surface area contributed by atoms with Crippen molar-refractivity contribution in [2.75, 3.05) is 27.4 Å². The molecule has 1 amide bonds. The van der Waals surface area contributed by atoms with Crippen LogP contribution < -0.4 is 24.4 Å². The Hall–Kier alpha value is -3.85. The first kappa shape index (κ1) is 25.8. The predicted octanol–water partition coefficient (Wildman–Crippen LogP) is 4.81. The number of allylic oxidation sites excluding steroid dienone is 1. The number of nitrogens with zero attached hydrogens (tertiary/aromatic N) is 2. The van der Waals surface area contributed by atoms with E-state index in [2.05, 4.69) is 38.0 Å².